The molecule has 0 amide bonds. The molecule has 0 unspecified atom stereocenters. The number of rotatable bonds is 4. The van der Waals surface area contributed by atoms with Crippen molar-refractivity contribution in [3.63, 3.8) is 0 Å². The molecule has 3 heteroatoms. The average molecular weight is 293 g/mol. The highest BCUT2D eigenvalue weighted by molar-refractivity contribution is 5.70. The molecule has 22 heavy (non-hydrogen) atoms. The predicted octanol–water partition coefficient (Wildman–Crippen LogP) is 3.80. The molecule has 1 aromatic carbocycles. The van der Waals surface area contributed by atoms with E-state index in [4.69, 9.17) is 0 Å². The SMILES string of the molecule is CNc1ccc(C2=C(C)CCN(Cc3ccccc3)C2)cn1. The Morgan fingerprint density at radius 3 is 2.64 bits per heavy atom. The van der Waals surface area contributed by atoms with Crippen LogP contribution in [0.5, 0.6) is 0 Å². The van der Waals surface area contributed by atoms with Crippen molar-refractivity contribution in [3.8, 4) is 0 Å². The zero-order valence-corrected chi connectivity index (χ0v) is 13.3. The summed E-state index contributed by atoms with van der Waals surface area (Å²) in [5.74, 6) is 0.916. The summed E-state index contributed by atoms with van der Waals surface area (Å²) in [6.07, 6.45) is 3.12. The van der Waals surface area contributed by atoms with Gasteiger partial charge in [0.1, 0.15) is 5.82 Å². The molecule has 0 saturated carbocycles. The number of aromatic nitrogens is 1. The van der Waals surface area contributed by atoms with Gasteiger partial charge in [-0.15, -0.1) is 0 Å². The van der Waals surface area contributed by atoms with Crippen LogP contribution in [0, 0.1) is 0 Å². The molecule has 3 rings (SSSR count). The van der Waals surface area contributed by atoms with Crippen molar-refractivity contribution in [2.24, 2.45) is 0 Å². The van der Waals surface area contributed by atoms with Gasteiger partial charge in [-0.25, -0.2) is 4.98 Å². The van der Waals surface area contributed by atoms with Gasteiger partial charge in [0.25, 0.3) is 0 Å². The zero-order chi connectivity index (χ0) is 15.4. The van der Waals surface area contributed by atoms with Crippen molar-refractivity contribution in [2.75, 3.05) is 25.5 Å². The first-order valence-electron chi connectivity index (χ1n) is 7.85. The molecule has 0 saturated heterocycles. The lowest BCUT2D eigenvalue weighted by molar-refractivity contribution is 0.292. The van der Waals surface area contributed by atoms with E-state index in [0.717, 1.165) is 31.9 Å². The molecule has 1 aliphatic rings. The Balaban J connectivity index is 1.75. The first kappa shape index (κ1) is 14.8. The Kier molecular flexibility index (Phi) is 4.54. The molecule has 0 spiro atoms. The summed E-state index contributed by atoms with van der Waals surface area (Å²) in [5.41, 5.74) is 5.54. The third-order valence-electron chi connectivity index (χ3n) is 4.32. The first-order chi connectivity index (χ1) is 10.8. The van der Waals surface area contributed by atoms with Crippen LogP contribution in [0.2, 0.25) is 0 Å². The Labute approximate surface area is 132 Å². The van der Waals surface area contributed by atoms with E-state index in [1.54, 1.807) is 0 Å². The second-order valence-electron chi connectivity index (χ2n) is 5.89. The van der Waals surface area contributed by atoms with Crippen LogP contribution < -0.4 is 5.32 Å². The van der Waals surface area contributed by atoms with Crippen LogP contribution in [-0.2, 0) is 6.54 Å². The largest absolute Gasteiger partial charge is 0.373 e. The molecule has 114 valence electrons. The summed E-state index contributed by atoms with van der Waals surface area (Å²) < 4.78 is 0. The second-order valence-corrected chi connectivity index (χ2v) is 5.89. The van der Waals surface area contributed by atoms with Gasteiger partial charge in [-0.1, -0.05) is 35.9 Å². The normalized spacial score (nSPS) is 15.9. The number of nitrogens with one attached hydrogen (secondary N) is 1. The molecule has 0 aliphatic carbocycles. The summed E-state index contributed by atoms with van der Waals surface area (Å²) in [6.45, 7) is 5.40. The smallest absolute Gasteiger partial charge is 0.125 e. The van der Waals surface area contributed by atoms with Gasteiger partial charge >= 0.3 is 0 Å². The fourth-order valence-electron chi connectivity index (χ4n) is 2.95. The van der Waals surface area contributed by atoms with E-state index in [-0.39, 0.29) is 0 Å². The lowest BCUT2D eigenvalue weighted by Gasteiger charge is -2.30. The van der Waals surface area contributed by atoms with Gasteiger partial charge in [0.2, 0.25) is 0 Å². The molecule has 0 atom stereocenters. The maximum atomic E-state index is 4.45. The topological polar surface area (TPSA) is 28.2 Å². The lowest BCUT2D eigenvalue weighted by atomic mass is 9.95. The second kappa shape index (κ2) is 6.75. The fraction of sp³-hybridized carbons (Fsp3) is 0.316. The predicted molar refractivity (Wildman–Crippen MR) is 92.7 cm³/mol. The van der Waals surface area contributed by atoms with Crippen molar-refractivity contribution in [1.82, 2.24) is 9.88 Å². The van der Waals surface area contributed by atoms with Crippen LogP contribution >= 0.6 is 0 Å². The average Bonchev–Trinajstić information content (AvgIpc) is 2.58. The van der Waals surface area contributed by atoms with Gasteiger partial charge in [0.15, 0.2) is 0 Å². The Morgan fingerprint density at radius 2 is 1.95 bits per heavy atom. The number of pyridine rings is 1. The summed E-state index contributed by atoms with van der Waals surface area (Å²) in [6, 6.07) is 14.9. The number of hydrogen-bond donors (Lipinski definition) is 1. The maximum absolute atomic E-state index is 4.45. The van der Waals surface area contributed by atoms with E-state index in [0.29, 0.717) is 0 Å². The van der Waals surface area contributed by atoms with Crippen LogP contribution in [0.4, 0.5) is 5.82 Å². The fourth-order valence-corrected chi connectivity index (χ4v) is 2.95. The molecular formula is C19H23N3. The van der Waals surface area contributed by atoms with Crippen molar-refractivity contribution in [1.29, 1.82) is 0 Å². The standard InChI is InChI=1S/C19H23N3/c1-15-10-11-22(13-16-6-4-3-5-7-16)14-18(15)17-8-9-19(20-2)21-12-17/h3-9,12H,10-11,13-14H2,1-2H3,(H,20,21). The zero-order valence-electron chi connectivity index (χ0n) is 13.3. The summed E-state index contributed by atoms with van der Waals surface area (Å²) in [4.78, 5) is 6.97. The molecular weight excluding hydrogens is 270 g/mol. The highest BCUT2D eigenvalue weighted by atomic mass is 15.1. The van der Waals surface area contributed by atoms with Gasteiger partial charge in [-0.3, -0.25) is 4.90 Å². The molecule has 2 heterocycles. The molecule has 0 radical (unpaired) electrons. The van der Waals surface area contributed by atoms with E-state index in [2.05, 4.69) is 58.5 Å². The molecule has 3 nitrogen and oxygen atoms in total. The van der Waals surface area contributed by atoms with Crippen LogP contribution in [0.15, 0.2) is 54.2 Å². The minimum absolute atomic E-state index is 0.916. The summed E-state index contributed by atoms with van der Waals surface area (Å²) >= 11 is 0. The minimum Gasteiger partial charge on any atom is -0.373 e. The highest BCUT2D eigenvalue weighted by Gasteiger charge is 2.18. The monoisotopic (exact) mass is 293 g/mol. The third-order valence-corrected chi connectivity index (χ3v) is 4.32. The lowest BCUT2D eigenvalue weighted by Crippen LogP contribution is -2.30. The molecule has 0 fully saturated rings. The van der Waals surface area contributed by atoms with Crippen molar-refractivity contribution < 1.29 is 0 Å². The van der Waals surface area contributed by atoms with Gasteiger partial charge < -0.3 is 5.32 Å². The Morgan fingerprint density at radius 1 is 1.14 bits per heavy atom. The first-order valence-corrected chi connectivity index (χ1v) is 7.85. The van der Waals surface area contributed by atoms with E-state index in [1.807, 2.05) is 19.3 Å². The van der Waals surface area contributed by atoms with E-state index in [9.17, 15) is 0 Å². The van der Waals surface area contributed by atoms with Crippen molar-refractivity contribution in [3.05, 3.63) is 65.4 Å². The number of anilines is 1. The molecule has 0 bridgehead atoms. The van der Waals surface area contributed by atoms with Gasteiger partial charge in [-0.2, -0.15) is 0 Å². The van der Waals surface area contributed by atoms with Crippen molar-refractivity contribution >= 4 is 11.4 Å². The summed E-state index contributed by atoms with van der Waals surface area (Å²) in [7, 11) is 1.90. The number of nitrogens with zero attached hydrogens (tertiary/aromatic N) is 2. The molecule has 2 aromatic rings. The highest BCUT2D eigenvalue weighted by Crippen LogP contribution is 2.27. The molecule has 1 aromatic heterocycles. The van der Waals surface area contributed by atoms with Crippen LogP contribution in [0.3, 0.4) is 0 Å². The third kappa shape index (κ3) is 3.37. The molecule has 1 aliphatic heterocycles. The van der Waals surface area contributed by atoms with Gasteiger partial charge in [-0.05, 0) is 42.2 Å². The van der Waals surface area contributed by atoms with Gasteiger partial charge in [0, 0.05) is 32.9 Å². The number of hydrogen-bond acceptors (Lipinski definition) is 3. The van der Waals surface area contributed by atoms with Crippen LogP contribution in [0.1, 0.15) is 24.5 Å². The summed E-state index contributed by atoms with van der Waals surface area (Å²) in [5, 5.41) is 3.07. The van der Waals surface area contributed by atoms with E-state index < -0.39 is 0 Å². The van der Waals surface area contributed by atoms with E-state index >= 15 is 0 Å². The maximum Gasteiger partial charge on any atom is 0.125 e. The van der Waals surface area contributed by atoms with Crippen molar-refractivity contribution in [2.45, 2.75) is 19.9 Å². The van der Waals surface area contributed by atoms with Crippen LogP contribution in [0.25, 0.3) is 5.57 Å². The Bertz CT molecular complexity index is 644. The molecule has 1 N–H and O–H groups in total. The van der Waals surface area contributed by atoms with Gasteiger partial charge in [0.05, 0.1) is 0 Å². The van der Waals surface area contributed by atoms with E-state index in [1.165, 1.54) is 22.3 Å². The van der Waals surface area contributed by atoms with Crippen LogP contribution in [-0.4, -0.2) is 30.0 Å². The Hall–Kier alpha value is -2.13. The minimum atomic E-state index is 0.916. The number of benzene rings is 1. The quantitative estimate of drug-likeness (QED) is 0.929.